The molecule has 2 aromatic rings. The lowest BCUT2D eigenvalue weighted by atomic mass is 10.1. The number of hydrogen-bond acceptors (Lipinski definition) is 5. The zero-order valence-corrected chi connectivity index (χ0v) is 10.7. The Labute approximate surface area is 111 Å². The highest BCUT2D eigenvalue weighted by Crippen LogP contribution is 2.15. The van der Waals surface area contributed by atoms with Crippen molar-refractivity contribution in [1.29, 1.82) is 0 Å². The van der Waals surface area contributed by atoms with E-state index < -0.39 is 5.97 Å². The summed E-state index contributed by atoms with van der Waals surface area (Å²) in [4.78, 5) is 15.6. The second-order valence-electron chi connectivity index (χ2n) is 3.96. The largest absolute Gasteiger partial charge is 0.460 e. The highest BCUT2D eigenvalue weighted by Gasteiger charge is 2.13. The molecule has 6 nitrogen and oxygen atoms in total. The molecule has 1 aromatic carbocycles. The maximum atomic E-state index is 11.5. The number of carbonyl (C=O) groups is 1. The Kier molecular flexibility index (Phi) is 4.25. The Morgan fingerprint density at radius 1 is 1.37 bits per heavy atom. The molecule has 0 amide bonds. The van der Waals surface area contributed by atoms with Gasteiger partial charge in [0.15, 0.2) is 5.82 Å². The van der Waals surface area contributed by atoms with Crippen LogP contribution in [0.4, 0.5) is 0 Å². The van der Waals surface area contributed by atoms with Gasteiger partial charge >= 0.3 is 5.97 Å². The summed E-state index contributed by atoms with van der Waals surface area (Å²) in [7, 11) is 0. The van der Waals surface area contributed by atoms with Gasteiger partial charge in [0.2, 0.25) is 5.82 Å². The molecule has 100 valence electrons. The van der Waals surface area contributed by atoms with E-state index in [4.69, 9.17) is 10.5 Å². The standard InChI is InChI=1S/C13H16N4O2/c1-2-19-13(18)12-15-11(16-17-12)10-5-3-9(4-6-10)7-8-14/h3-6H,2,7-8,14H2,1H3,(H,15,16,17). The van der Waals surface area contributed by atoms with Crippen molar-refractivity contribution in [2.75, 3.05) is 13.2 Å². The maximum absolute atomic E-state index is 11.5. The summed E-state index contributed by atoms with van der Waals surface area (Å²) >= 11 is 0. The molecule has 0 saturated heterocycles. The predicted octanol–water partition coefficient (Wildman–Crippen LogP) is 1.15. The van der Waals surface area contributed by atoms with Crippen molar-refractivity contribution in [2.24, 2.45) is 5.73 Å². The average molecular weight is 260 g/mol. The number of benzene rings is 1. The van der Waals surface area contributed by atoms with Crippen LogP contribution >= 0.6 is 0 Å². The number of H-pyrrole nitrogens is 1. The van der Waals surface area contributed by atoms with Gasteiger partial charge in [-0.1, -0.05) is 24.3 Å². The van der Waals surface area contributed by atoms with E-state index in [-0.39, 0.29) is 5.82 Å². The number of rotatable bonds is 5. The van der Waals surface area contributed by atoms with Crippen molar-refractivity contribution in [3.05, 3.63) is 35.7 Å². The predicted molar refractivity (Wildman–Crippen MR) is 70.5 cm³/mol. The van der Waals surface area contributed by atoms with Gasteiger partial charge in [0.1, 0.15) is 0 Å². The smallest absolute Gasteiger partial charge is 0.375 e. The number of ether oxygens (including phenoxy) is 1. The fourth-order valence-electron chi connectivity index (χ4n) is 1.67. The summed E-state index contributed by atoms with van der Waals surface area (Å²) in [5, 5.41) is 6.58. The maximum Gasteiger partial charge on any atom is 0.375 e. The molecule has 0 spiro atoms. The topological polar surface area (TPSA) is 93.9 Å². The average Bonchev–Trinajstić information content (AvgIpc) is 2.90. The molecule has 0 aliphatic carbocycles. The Morgan fingerprint density at radius 3 is 2.74 bits per heavy atom. The summed E-state index contributed by atoms with van der Waals surface area (Å²) in [6, 6.07) is 7.76. The van der Waals surface area contributed by atoms with Crippen LogP contribution in [0.1, 0.15) is 23.1 Å². The molecule has 1 heterocycles. The fourth-order valence-corrected chi connectivity index (χ4v) is 1.67. The zero-order valence-electron chi connectivity index (χ0n) is 10.7. The van der Waals surface area contributed by atoms with Crippen LogP contribution in [0.2, 0.25) is 0 Å². The Balaban J connectivity index is 2.15. The minimum absolute atomic E-state index is 0.114. The molecule has 0 bridgehead atoms. The second kappa shape index (κ2) is 6.10. The minimum atomic E-state index is -0.499. The highest BCUT2D eigenvalue weighted by molar-refractivity contribution is 5.85. The zero-order chi connectivity index (χ0) is 13.7. The van der Waals surface area contributed by atoms with E-state index in [9.17, 15) is 4.79 Å². The molecule has 1 aromatic heterocycles. The molecule has 0 unspecified atom stereocenters. The third-order valence-electron chi connectivity index (χ3n) is 2.60. The van der Waals surface area contributed by atoms with Gasteiger partial charge in [-0.15, -0.1) is 0 Å². The summed E-state index contributed by atoms with van der Waals surface area (Å²) in [5.41, 5.74) is 7.49. The Hall–Kier alpha value is -2.21. The van der Waals surface area contributed by atoms with Crippen molar-refractivity contribution in [3.8, 4) is 11.4 Å². The Bertz CT molecular complexity index is 548. The van der Waals surface area contributed by atoms with Crippen molar-refractivity contribution >= 4 is 5.97 Å². The third-order valence-corrected chi connectivity index (χ3v) is 2.60. The fraction of sp³-hybridized carbons (Fsp3) is 0.308. The highest BCUT2D eigenvalue weighted by atomic mass is 16.5. The quantitative estimate of drug-likeness (QED) is 0.786. The number of aromatic amines is 1. The summed E-state index contributed by atoms with van der Waals surface area (Å²) in [6.07, 6.45) is 0.836. The van der Waals surface area contributed by atoms with E-state index in [0.717, 1.165) is 17.5 Å². The molecule has 19 heavy (non-hydrogen) atoms. The molecule has 6 heteroatoms. The number of esters is 1. The van der Waals surface area contributed by atoms with Gasteiger partial charge in [-0.3, -0.25) is 5.10 Å². The van der Waals surface area contributed by atoms with Crippen LogP contribution < -0.4 is 5.73 Å². The summed E-state index contributed by atoms with van der Waals surface area (Å²) in [6.45, 7) is 2.67. The number of hydrogen-bond donors (Lipinski definition) is 2. The number of nitrogens with two attached hydrogens (primary N) is 1. The van der Waals surface area contributed by atoms with Crippen molar-refractivity contribution < 1.29 is 9.53 Å². The van der Waals surface area contributed by atoms with Crippen LogP contribution in [0.25, 0.3) is 11.4 Å². The van der Waals surface area contributed by atoms with Gasteiger partial charge in [0, 0.05) is 5.56 Å². The lowest BCUT2D eigenvalue weighted by Crippen LogP contribution is -2.06. The lowest BCUT2D eigenvalue weighted by molar-refractivity contribution is 0.0512. The first-order valence-corrected chi connectivity index (χ1v) is 6.13. The van der Waals surface area contributed by atoms with E-state index in [1.54, 1.807) is 6.92 Å². The van der Waals surface area contributed by atoms with Gasteiger partial charge in [-0.25, -0.2) is 9.78 Å². The second-order valence-corrected chi connectivity index (χ2v) is 3.96. The monoisotopic (exact) mass is 260 g/mol. The summed E-state index contributed by atoms with van der Waals surface area (Å²) in [5.74, 6) is 0.0891. The van der Waals surface area contributed by atoms with E-state index in [2.05, 4.69) is 15.2 Å². The van der Waals surface area contributed by atoms with Crippen LogP contribution in [-0.4, -0.2) is 34.3 Å². The van der Waals surface area contributed by atoms with Crippen LogP contribution in [0.3, 0.4) is 0 Å². The van der Waals surface area contributed by atoms with E-state index in [1.165, 1.54) is 0 Å². The number of nitrogens with one attached hydrogen (secondary N) is 1. The molecule has 0 fully saturated rings. The molecule has 0 aliphatic heterocycles. The molecule has 3 N–H and O–H groups in total. The molecule has 2 rings (SSSR count). The SMILES string of the molecule is CCOC(=O)c1nc(-c2ccc(CCN)cc2)n[nH]1. The Morgan fingerprint density at radius 2 is 2.11 bits per heavy atom. The number of nitrogens with zero attached hydrogens (tertiary/aromatic N) is 2. The first kappa shape index (κ1) is 13.2. The van der Waals surface area contributed by atoms with E-state index in [1.807, 2.05) is 24.3 Å². The molecular formula is C13H16N4O2. The lowest BCUT2D eigenvalue weighted by Gasteiger charge is -1.99. The minimum Gasteiger partial charge on any atom is -0.460 e. The van der Waals surface area contributed by atoms with E-state index >= 15 is 0 Å². The van der Waals surface area contributed by atoms with Gasteiger partial charge in [0.05, 0.1) is 6.61 Å². The normalized spacial score (nSPS) is 10.4. The van der Waals surface area contributed by atoms with Gasteiger partial charge in [-0.2, -0.15) is 5.10 Å². The molecule has 0 atom stereocenters. The third kappa shape index (κ3) is 3.17. The van der Waals surface area contributed by atoms with E-state index in [0.29, 0.717) is 19.0 Å². The molecule has 0 radical (unpaired) electrons. The van der Waals surface area contributed by atoms with Crippen LogP contribution in [0, 0.1) is 0 Å². The first-order chi connectivity index (χ1) is 9.24. The first-order valence-electron chi connectivity index (χ1n) is 6.13. The number of carbonyl (C=O) groups excluding carboxylic acids is 1. The van der Waals surface area contributed by atoms with Crippen molar-refractivity contribution in [1.82, 2.24) is 15.2 Å². The molecule has 0 saturated carbocycles. The van der Waals surface area contributed by atoms with Gasteiger partial charge < -0.3 is 10.5 Å². The van der Waals surface area contributed by atoms with Crippen LogP contribution in [-0.2, 0) is 11.2 Å². The van der Waals surface area contributed by atoms with Crippen LogP contribution in [0.15, 0.2) is 24.3 Å². The van der Waals surface area contributed by atoms with Crippen molar-refractivity contribution in [3.63, 3.8) is 0 Å². The molecular weight excluding hydrogens is 244 g/mol. The van der Waals surface area contributed by atoms with Gasteiger partial charge in [-0.05, 0) is 25.5 Å². The number of aromatic nitrogens is 3. The van der Waals surface area contributed by atoms with Gasteiger partial charge in [0.25, 0.3) is 0 Å². The summed E-state index contributed by atoms with van der Waals surface area (Å²) < 4.78 is 4.84. The van der Waals surface area contributed by atoms with Crippen molar-refractivity contribution in [2.45, 2.75) is 13.3 Å². The van der Waals surface area contributed by atoms with Crippen LogP contribution in [0.5, 0.6) is 0 Å². The molecule has 0 aliphatic rings.